The highest BCUT2D eigenvalue weighted by atomic mass is 35.5. The molecule has 5 heteroatoms. The average Bonchev–Trinajstić information content (AvgIpc) is 2.43. The van der Waals surface area contributed by atoms with Crippen LogP contribution in [0, 0.1) is 0 Å². The molecule has 1 amide bonds. The number of rotatable bonds is 5. The summed E-state index contributed by atoms with van der Waals surface area (Å²) in [4.78, 5) is 12.2. The van der Waals surface area contributed by atoms with Gasteiger partial charge in [-0.1, -0.05) is 24.3 Å². The van der Waals surface area contributed by atoms with Crippen LogP contribution in [-0.2, 0) is 11.2 Å². The molecular formula is C14H21ClN2OS. The van der Waals surface area contributed by atoms with Crippen LogP contribution >= 0.6 is 24.2 Å². The quantitative estimate of drug-likeness (QED) is 0.819. The zero-order chi connectivity index (χ0) is 12.8. The summed E-state index contributed by atoms with van der Waals surface area (Å²) in [5.74, 6) is 1.19. The molecule has 0 radical (unpaired) electrons. The van der Waals surface area contributed by atoms with Crippen molar-refractivity contribution in [2.24, 2.45) is 0 Å². The van der Waals surface area contributed by atoms with Gasteiger partial charge in [0.15, 0.2) is 0 Å². The van der Waals surface area contributed by atoms with Gasteiger partial charge in [0.05, 0.1) is 0 Å². The normalized spacial score (nSPS) is 17.2. The second-order valence-corrected chi connectivity index (χ2v) is 5.66. The number of carbonyl (C=O) groups is 1. The first kappa shape index (κ1) is 16.3. The monoisotopic (exact) mass is 300 g/mol. The number of thioether (sulfide) groups is 1. The van der Waals surface area contributed by atoms with E-state index in [0.29, 0.717) is 0 Å². The Morgan fingerprint density at radius 1 is 1.37 bits per heavy atom. The van der Waals surface area contributed by atoms with Gasteiger partial charge in [0.2, 0.25) is 5.91 Å². The van der Waals surface area contributed by atoms with Crippen molar-refractivity contribution in [3.8, 4) is 0 Å². The molecule has 0 spiro atoms. The van der Waals surface area contributed by atoms with Gasteiger partial charge in [0, 0.05) is 6.54 Å². The number of carbonyl (C=O) groups excluding carboxylic acids is 1. The average molecular weight is 301 g/mol. The lowest BCUT2D eigenvalue weighted by atomic mass is 10.0. The van der Waals surface area contributed by atoms with Crippen LogP contribution in [0.3, 0.4) is 0 Å². The molecule has 106 valence electrons. The fraction of sp³-hybridized carbons (Fsp3) is 0.500. The maximum absolute atomic E-state index is 12.2. The number of halogens is 1. The van der Waals surface area contributed by atoms with Crippen molar-refractivity contribution in [3.63, 3.8) is 0 Å². The fourth-order valence-corrected chi connectivity index (χ4v) is 3.40. The Morgan fingerprint density at radius 3 is 2.95 bits per heavy atom. The molecule has 0 aromatic heterocycles. The van der Waals surface area contributed by atoms with E-state index in [-0.39, 0.29) is 23.6 Å². The lowest BCUT2D eigenvalue weighted by molar-refractivity contribution is -0.120. The number of hydrogen-bond donors (Lipinski definition) is 2. The molecule has 0 saturated heterocycles. The van der Waals surface area contributed by atoms with Crippen molar-refractivity contribution in [1.82, 2.24) is 10.6 Å². The highest BCUT2D eigenvalue weighted by Gasteiger charge is 2.26. The summed E-state index contributed by atoms with van der Waals surface area (Å²) < 4.78 is 0. The summed E-state index contributed by atoms with van der Waals surface area (Å²) in [6, 6.07) is 8.29. The van der Waals surface area contributed by atoms with Gasteiger partial charge in [-0.05, 0) is 43.3 Å². The minimum atomic E-state index is -0.0236. The zero-order valence-electron chi connectivity index (χ0n) is 11.1. The van der Waals surface area contributed by atoms with Crippen molar-refractivity contribution in [2.45, 2.75) is 18.1 Å². The maximum Gasteiger partial charge on any atom is 0.237 e. The second-order valence-electron chi connectivity index (χ2n) is 4.45. The molecule has 0 fully saturated rings. The van der Waals surface area contributed by atoms with Crippen LogP contribution < -0.4 is 10.6 Å². The largest absolute Gasteiger partial charge is 0.355 e. The Bertz CT molecular complexity index is 414. The highest BCUT2D eigenvalue weighted by Crippen LogP contribution is 2.36. The van der Waals surface area contributed by atoms with E-state index in [0.717, 1.165) is 31.7 Å². The first-order valence-corrected chi connectivity index (χ1v) is 7.49. The van der Waals surface area contributed by atoms with Gasteiger partial charge < -0.3 is 10.6 Å². The van der Waals surface area contributed by atoms with Crippen LogP contribution in [0.15, 0.2) is 24.3 Å². The summed E-state index contributed by atoms with van der Waals surface area (Å²) in [7, 11) is 1.93. The number of fused-ring (bicyclic) bond motifs is 1. The number of amides is 1. The topological polar surface area (TPSA) is 41.1 Å². The summed E-state index contributed by atoms with van der Waals surface area (Å²) >= 11 is 1.75. The molecule has 0 bridgehead atoms. The predicted molar refractivity (Wildman–Crippen MR) is 84.1 cm³/mol. The van der Waals surface area contributed by atoms with Crippen molar-refractivity contribution >= 4 is 30.1 Å². The second kappa shape index (κ2) is 8.46. The van der Waals surface area contributed by atoms with Gasteiger partial charge >= 0.3 is 0 Å². The van der Waals surface area contributed by atoms with Crippen LogP contribution in [0.5, 0.6) is 0 Å². The first-order valence-electron chi connectivity index (χ1n) is 6.44. The third-order valence-corrected chi connectivity index (χ3v) is 4.38. The first-order chi connectivity index (χ1) is 8.83. The molecule has 2 rings (SSSR count). The SMILES string of the molecule is CNCCCNC(=O)C1SCCc2ccccc21.Cl. The lowest BCUT2D eigenvalue weighted by Crippen LogP contribution is -2.31. The van der Waals surface area contributed by atoms with Crippen molar-refractivity contribution in [3.05, 3.63) is 35.4 Å². The summed E-state index contributed by atoms with van der Waals surface area (Å²) in [5.41, 5.74) is 2.52. The zero-order valence-corrected chi connectivity index (χ0v) is 12.8. The van der Waals surface area contributed by atoms with Crippen LogP contribution in [0.25, 0.3) is 0 Å². The minimum Gasteiger partial charge on any atom is -0.355 e. The number of benzene rings is 1. The van der Waals surface area contributed by atoms with E-state index in [1.807, 2.05) is 13.1 Å². The molecule has 1 aromatic rings. The number of nitrogens with one attached hydrogen (secondary N) is 2. The Morgan fingerprint density at radius 2 is 2.16 bits per heavy atom. The molecule has 3 nitrogen and oxygen atoms in total. The third-order valence-electron chi connectivity index (χ3n) is 3.13. The van der Waals surface area contributed by atoms with Gasteiger partial charge in [-0.25, -0.2) is 0 Å². The molecule has 1 aliphatic heterocycles. The van der Waals surface area contributed by atoms with E-state index >= 15 is 0 Å². The molecule has 19 heavy (non-hydrogen) atoms. The molecule has 1 aliphatic rings. The summed E-state index contributed by atoms with van der Waals surface area (Å²) in [5, 5.41) is 6.08. The smallest absolute Gasteiger partial charge is 0.237 e. The van der Waals surface area contributed by atoms with Crippen LogP contribution in [-0.4, -0.2) is 31.8 Å². The molecule has 1 heterocycles. The van der Waals surface area contributed by atoms with Gasteiger partial charge in [0.1, 0.15) is 5.25 Å². The standard InChI is InChI=1S/C14H20N2OS.ClH/c1-15-8-4-9-16-14(17)13-12-6-3-2-5-11(12)7-10-18-13;/h2-3,5-6,13,15H,4,7-10H2,1H3,(H,16,17);1H. The maximum atomic E-state index is 12.2. The Kier molecular flexibility index (Phi) is 7.28. The Balaban J connectivity index is 0.00000180. The van der Waals surface area contributed by atoms with E-state index in [2.05, 4.69) is 28.8 Å². The van der Waals surface area contributed by atoms with Gasteiger partial charge in [-0.3, -0.25) is 4.79 Å². The van der Waals surface area contributed by atoms with E-state index in [9.17, 15) is 4.79 Å². The highest BCUT2D eigenvalue weighted by molar-refractivity contribution is 8.00. The molecule has 0 saturated carbocycles. The predicted octanol–water partition coefficient (Wildman–Crippen LogP) is 2.16. The minimum absolute atomic E-state index is 0. The van der Waals surface area contributed by atoms with Gasteiger partial charge in [-0.15, -0.1) is 24.2 Å². The van der Waals surface area contributed by atoms with Crippen LogP contribution in [0.1, 0.15) is 22.8 Å². The van der Waals surface area contributed by atoms with E-state index in [1.54, 1.807) is 11.8 Å². The Hall–Kier alpha value is -0.710. The van der Waals surface area contributed by atoms with Gasteiger partial charge in [0.25, 0.3) is 0 Å². The van der Waals surface area contributed by atoms with Gasteiger partial charge in [-0.2, -0.15) is 0 Å². The fourth-order valence-electron chi connectivity index (χ4n) is 2.18. The van der Waals surface area contributed by atoms with Crippen LogP contribution in [0.4, 0.5) is 0 Å². The van der Waals surface area contributed by atoms with E-state index < -0.39 is 0 Å². The number of hydrogen-bond acceptors (Lipinski definition) is 3. The summed E-state index contributed by atoms with van der Waals surface area (Å²) in [6.07, 6.45) is 2.05. The summed E-state index contributed by atoms with van der Waals surface area (Å²) in [6.45, 7) is 1.69. The molecule has 0 aliphatic carbocycles. The Labute approximate surface area is 125 Å². The molecular weight excluding hydrogens is 280 g/mol. The number of aryl methyl sites for hydroxylation is 1. The van der Waals surface area contributed by atoms with E-state index in [1.165, 1.54) is 11.1 Å². The molecule has 1 atom stereocenters. The molecule has 1 unspecified atom stereocenters. The van der Waals surface area contributed by atoms with Crippen molar-refractivity contribution in [1.29, 1.82) is 0 Å². The van der Waals surface area contributed by atoms with Crippen molar-refractivity contribution < 1.29 is 4.79 Å². The lowest BCUT2D eigenvalue weighted by Gasteiger charge is -2.24. The third kappa shape index (κ3) is 4.41. The van der Waals surface area contributed by atoms with Crippen LogP contribution in [0.2, 0.25) is 0 Å². The van der Waals surface area contributed by atoms with Crippen molar-refractivity contribution in [2.75, 3.05) is 25.9 Å². The van der Waals surface area contributed by atoms with E-state index in [4.69, 9.17) is 0 Å². The molecule has 2 N–H and O–H groups in total. The molecule has 1 aromatic carbocycles.